The third kappa shape index (κ3) is 4.31. The number of rotatable bonds is 7. The fraction of sp³-hybridized carbons (Fsp3) is 0.600. The van der Waals surface area contributed by atoms with Crippen LogP contribution in [0.25, 0.3) is 0 Å². The van der Waals surface area contributed by atoms with Gasteiger partial charge in [0.15, 0.2) is 0 Å². The van der Waals surface area contributed by atoms with Crippen molar-refractivity contribution in [1.29, 1.82) is 0 Å². The number of benzene rings is 1. The second-order valence-corrected chi connectivity index (χ2v) is 4.99. The Bertz CT molecular complexity index is 352. The molecule has 102 valence electrons. The minimum Gasteiger partial charge on any atom is -0.496 e. The van der Waals surface area contributed by atoms with Gasteiger partial charge in [0.1, 0.15) is 5.75 Å². The first-order valence-electron chi connectivity index (χ1n) is 6.62. The molecule has 1 aromatic rings. The number of methoxy groups -OCH3 is 1. The maximum Gasteiger partial charge on any atom is 0.123 e. The van der Waals surface area contributed by atoms with Gasteiger partial charge in [-0.25, -0.2) is 0 Å². The molecule has 0 saturated heterocycles. The smallest absolute Gasteiger partial charge is 0.123 e. The molecule has 0 aliphatic rings. The molecule has 0 radical (unpaired) electrons. The molecular weight excluding hydrogens is 224 g/mol. The van der Waals surface area contributed by atoms with Gasteiger partial charge in [0, 0.05) is 30.7 Å². The van der Waals surface area contributed by atoms with Gasteiger partial charge in [-0.1, -0.05) is 18.2 Å². The molecule has 3 nitrogen and oxygen atoms in total. The van der Waals surface area contributed by atoms with Gasteiger partial charge in [-0.2, -0.15) is 0 Å². The minimum atomic E-state index is 0.307. The highest BCUT2D eigenvalue weighted by molar-refractivity contribution is 5.35. The number of ether oxygens (including phenoxy) is 1. The van der Waals surface area contributed by atoms with Crippen LogP contribution in [-0.4, -0.2) is 38.2 Å². The lowest BCUT2D eigenvalue weighted by molar-refractivity contribution is 0.269. The summed E-state index contributed by atoms with van der Waals surface area (Å²) in [4.78, 5) is 2.34. The molecule has 0 spiro atoms. The van der Waals surface area contributed by atoms with Crippen LogP contribution in [-0.2, 0) is 0 Å². The highest BCUT2D eigenvalue weighted by Gasteiger charge is 2.10. The Hall–Kier alpha value is -1.06. The summed E-state index contributed by atoms with van der Waals surface area (Å²) in [5.41, 5.74) is 1.22. The summed E-state index contributed by atoms with van der Waals surface area (Å²) in [5, 5.41) is 3.54. The average Bonchev–Trinajstić information content (AvgIpc) is 2.38. The standard InChI is InChI=1S/C15H26N2O/c1-12(2)17(4)11-10-16-13(3)14-8-6-7-9-15(14)18-5/h6-9,12-13,16H,10-11H2,1-5H3. The first-order valence-corrected chi connectivity index (χ1v) is 6.62. The van der Waals surface area contributed by atoms with E-state index in [2.05, 4.69) is 50.2 Å². The highest BCUT2D eigenvalue weighted by Crippen LogP contribution is 2.23. The van der Waals surface area contributed by atoms with Gasteiger partial charge >= 0.3 is 0 Å². The van der Waals surface area contributed by atoms with Crippen molar-refractivity contribution in [2.45, 2.75) is 32.9 Å². The van der Waals surface area contributed by atoms with Gasteiger partial charge in [0.05, 0.1) is 7.11 Å². The van der Waals surface area contributed by atoms with E-state index in [-0.39, 0.29) is 0 Å². The normalized spacial score (nSPS) is 13.1. The Kier molecular flexibility index (Phi) is 6.16. The van der Waals surface area contributed by atoms with Crippen molar-refractivity contribution in [3.05, 3.63) is 29.8 Å². The molecule has 0 bridgehead atoms. The van der Waals surface area contributed by atoms with Gasteiger partial charge in [-0.05, 0) is 33.9 Å². The predicted octanol–water partition coefficient (Wildman–Crippen LogP) is 2.69. The second-order valence-electron chi connectivity index (χ2n) is 4.99. The fourth-order valence-corrected chi connectivity index (χ4v) is 1.85. The molecule has 1 N–H and O–H groups in total. The lowest BCUT2D eigenvalue weighted by atomic mass is 10.1. The van der Waals surface area contributed by atoms with E-state index >= 15 is 0 Å². The SMILES string of the molecule is COc1ccccc1C(C)NCCN(C)C(C)C. The molecule has 0 aliphatic heterocycles. The Balaban J connectivity index is 2.47. The molecule has 0 saturated carbocycles. The Morgan fingerprint density at radius 1 is 1.22 bits per heavy atom. The number of nitrogens with one attached hydrogen (secondary N) is 1. The molecule has 0 aromatic heterocycles. The minimum absolute atomic E-state index is 0.307. The van der Waals surface area contributed by atoms with Crippen LogP contribution in [0.2, 0.25) is 0 Å². The first kappa shape index (κ1) is 15.0. The lowest BCUT2D eigenvalue weighted by Gasteiger charge is -2.23. The van der Waals surface area contributed by atoms with E-state index in [0.29, 0.717) is 12.1 Å². The fourth-order valence-electron chi connectivity index (χ4n) is 1.85. The quantitative estimate of drug-likeness (QED) is 0.805. The van der Waals surface area contributed by atoms with Crippen LogP contribution in [0.4, 0.5) is 0 Å². The maximum atomic E-state index is 5.38. The van der Waals surface area contributed by atoms with Crippen LogP contribution in [0.3, 0.4) is 0 Å². The Labute approximate surface area is 111 Å². The van der Waals surface area contributed by atoms with Gasteiger partial charge in [0.2, 0.25) is 0 Å². The molecule has 0 fully saturated rings. The molecule has 1 unspecified atom stereocenters. The van der Waals surface area contributed by atoms with Crippen LogP contribution in [0.1, 0.15) is 32.4 Å². The highest BCUT2D eigenvalue weighted by atomic mass is 16.5. The van der Waals surface area contributed by atoms with Crippen molar-refractivity contribution in [2.24, 2.45) is 0 Å². The summed E-state index contributed by atoms with van der Waals surface area (Å²) in [6, 6.07) is 9.07. The van der Waals surface area contributed by atoms with Gasteiger partial charge in [0.25, 0.3) is 0 Å². The van der Waals surface area contributed by atoms with E-state index in [4.69, 9.17) is 4.74 Å². The zero-order valence-electron chi connectivity index (χ0n) is 12.2. The molecule has 18 heavy (non-hydrogen) atoms. The number of likely N-dealkylation sites (N-methyl/N-ethyl adjacent to an activating group) is 1. The van der Waals surface area contributed by atoms with E-state index in [0.717, 1.165) is 18.8 Å². The van der Waals surface area contributed by atoms with Crippen molar-refractivity contribution >= 4 is 0 Å². The summed E-state index contributed by atoms with van der Waals surface area (Å²) in [6.45, 7) is 8.63. The van der Waals surface area contributed by atoms with E-state index in [1.54, 1.807) is 7.11 Å². The van der Waals surface area contributed by atoms with Crippen LogP contribution >= 0.6 is 0 Å². The van der Waals surface area contributed by atoms with E-state index in [9.17, 15) is 0 Å². The monoisotopic (exact) mass is 250 g/mol. The van der Waals surface area contributed by atoms with Crippen molar-refractivity contribution in [1.82, 2.24) is 10.2 Å². The molecule has 1 aromatic carbocycles. The zero-order valence-corrected chi connectivity index (χ0v) is 12.2. The summed E-state index contributed by atoms with van der Waals surface area (Å²) < 4.78 is 5.38. The summed E-state index contributed by atoms with van der Waals surface area (Å²) >= 11 is 0. The molecule has 0 aliphatic carbocycles. The number of hydrogen-bond acceptors (Lipinski definition) is 3. The van der Waals surface area contributed by atoms with E-state index < -0.39 is 0 Å². The predicted molar refractivity (Wildman–Crippen MR) is 77.2 cm³/mol. The molecule has 0 heterocycles. The van der Waals surface area contributed by atoms with Crippen molar-refractivity contribution < 1.29 is 4.74 Å². The third-order valence-corrected chi connectivity index (χ3v) is 3.40. The molecule has 3 heteroatoms. The summed E-state index contributed by atoms with van der Waals surface area (Å²) in [7, 11) is 3.87. The molecule has 1 atom stereocenters. The first-order chi connectivity index (χ1) is 8.56. The van der Waals surface area contributed by atoms with Crippen molar-refractivity contribution in [2.75, 3.05) is 27.2 Å². The molecule has 0 amide bonds. The maximum absolute atomic E-state index is 5.38. The third-order valence-electron chi connectivity index (χ3n) is 3.40. The van der Waals surface area contributed by atoms with Gasteiger partial charge in [-0.3, -0.25) is 0 Å². The summed E-state index contributed by atoms with van der Waals surface area (Å²) in [6.07, 6.45) is 0. The van der Waals surface area contributed by atoms with E-state index in [1.165, 1.54) is 5.56 Å². The second kappa shape index (κ2) is 7.39. The summed E-state index contributed by atoms with van der Waals surface area (Å²) in [5.74, 6) is 0.953. The Morgan fingerprint density at radius 3 is 2.50 bits per heavy atom. The zero-order chi connectivity index (χ0) is 13.5. The van der Waals surface area contributed by atoms with Crippen LogP contribution in [0.15, 0.2) is 24.3 Å². The van der Waals surface area contributed by atoms with Crippen LogP contribution in [0, 0.1) is 0 Å². The van der Waals surface area contributed by atoms with Crippen LogP contribution in [0.5, 0.6) is 5.75 Å². The number of hydrogen-bond donors (Lipinski definition) is 1. The lowest BCUT2D eigenvalue weighted by Crippen LogP contribution is -2.34. The van der Waals surface area contributed by atoms with Crippen LogP contribution < -0.4 is 10.1 Å². The average molecular weight is 250 g/mol. The largest absolute Gasteiger partial charge is 0.496 e. The molecule has 1 rings (SSSR count). The number of para-hydroxylation sites is 1. The van der Waals surface area contributed by atoms with Gasteiger partial charge < -0.3 is 15.0 Å². The van der Waals surface area contributed by atoms with Crippen molar-refractivity contribution in [3.8, 4) is 5.75 Å². The van der Waals surface area contributed by atoms with E-state index in [1.807, 2.05) is 12.1 Å². The molecular formula is C15H26N2O. The topological polar surface area (TPSA) is 24.5 Å². The van der Waals surface area contributed by atoms with Gasteiger partial charge in [-0.15, -0.1) is 0 Å². The Morgan fingerprint density at radius 2 is 1.89 bits per heavy atom. The number of nitrogens with zero attached hydrogens (tertiary/aromatic N) is 1. The van der Waals surface area contributed by atoms with Crippen molar-refractivity contribution in [3.63, 3.8) is 0 Å².